The van der Waals surface area contributed by atoms with E-state index in [9.17, 15) is 19.2 Å². The zero-order chi connectivity index (χ0) is 27.9. The third-order valence-electron chi connectivity index (χ3n) is 6.48. The van der Waals surface area contributed by atoms with Gasteiger partial charge in [0.25, 0.3) is 5.91 Å². The highest BCUT2D eigenvalue weighted by Crippen LogP contribution is 2.29. The van der Waals surface area contributed by atoms with Crippen LogP contribution in [0.1, 0.15) is 63.7 Å². The van der Waals surface area contributed by atoms with Crippen molar-refractivity contribution < 1.29 is 33.2 Å². The Balaban J connectivity index is 1.53. The lowest BCUT2D eigenvalue weighted by Crippen LogP contribution is -2.52. The van der Waals surface area contributed by atoms with Crippen LogP contribution in [0, 0.1) is 11.8 Å². The highest BCUT2D eigenvalue weighted by atomic mass is 16.6. The predicted octanol–water partition coefficient (Wildman–Crippen LogP) is 0.656. The summed E-state index contributed by atoms with van der Waals surface area (Å²) in [6, 6.07) is -0.00289. The van der Waals surface area contributed by atoms with E-state index in [0.29, 0.717) is 45.0 Å². The first-order chi connectivity index (χ1) is 18.0. The molecule has 0 bridgehead atoms. The molecule has 2 saturated heterocycles. The fourth-order valence-electron chi connectivity index (χ4n) is 4.27. The molecule has 3 atom stereocenters. The van der Waals surface area contributed by atoms with Gasteiger partial charge < -0.3 is 29.9 Å². The fraction of sp³-hybridized carbons (Fsp3) is 0.731. The molecule has 12 heteroatoms. The van der Waals surface area contributed by atoms with Crippen LogP contribution in [0.4, 0.5) is 0 Å². The number of carbonyl (C=O) groups is 4. The smallest absolute Gasteiger partial charge is 0.274 e. The average molecular weight is 536 g/mol. The number of ether oxygens (including phenoxy) is 2. The molecule has 0 aliphatic carbocycles. The van der Waals surface area contributed by atoms with E-state index in [1.165, 1.54) is 0 Å². The Hall–Kier alpha value is -2.83. The molecule has 0 radical (unpaired) electrons. The van der Waals surface area contributed by atoms with E-state index in [1.807, 2.05) is 27.7 Å². The maximum absolute atomic E-state index is 12.9. The van der Waals surface area contributed by atoms with Crippen molar-refractivity contribution in [3.63, 3.8) is 0 Å². The molecule has 3 amide bonds. The van der Waals surface area contributed by atoms with E-state index in [2.05, 4.69) is 26.0 Å². The number of hydrogen-bond donors (Lipinski definition) is 3. The molecule has 0 saturated carbocycles. The first kappa shape index (κ1) is 29.7. The minimum Gasteiger partial charge on any atom is -0.379 e. The van der Waals surface area contributed by atoms with Gasteiger partial charge in [-0.15, -0.1) is 0 Å². The second-order valence-electron chi connectivity index (χ2n) is 11.1. The topological polar surface area (TPSA) is 155 Å². The summed E-state index contributed by atoms with van der Waals surface area (Å²) in [7, 11) is 0. The van der Waals surface area contributed by atoms with Gasteiger partial charge in [-0.2, -0.15) is 0 Å². The van der Waals surface area contributed by atoms with E-state index in [-0.39, 0.29) is 29.9 Å². The number of nitrogens with one attached hydrogen (secondary N) is 3. The van der Waals surface area contributed by atoms with Crippen LogP contribution in [0.2, 0.25) is 0 Å². The Morgan fingerprint density at radius 2 is 1.66 bits per heavy atom. The summed E-state index contributed by atoms with van der Waals surface area (Å²) in [6.45, 7) is 12.8. The molecule has 2 aliphatic rings. The molecule has 212 valence electrons. The lowest BCUT2D eigenvalue weighted by Gasteiger charge is -2.25. The van der Waals surface area contributed by atoms with Gasteiger partial charge in [0.2, 0.25) is 11.8 Å². The van der Waals surface area contributed by atoms with Crippen molar-refractivity contribution in [3.8, 4) is 0 Å². The van der Waals surface area contributed by atoms with Gasteiger partial charge in [-0.05, 0) is 31.6 Å². The minimum atomic E-state index is -0.874. The minimum absolute atomic E-state index is 0.0818. The number of morpholine rings is 1. The molecule has 3 rings (SSSR count). The Morgan fingerprint density at radius 1 is 1.03 bits per heavy atom. The second-order valence-corrected chi connectivity index (χ2v) is 11.1. The van der Waals surface area contributed by atoms with Crippen LogP contribution < -0.4 is 16.0 Å². The predicted molar refractivity (Wildman–Crippen MR) is 137 cm³/mol. The van der Waals surface area contributed by atoms with Crippen molar-refractivity contribution >= 4 is 23.5 Å². The summed E-state index contributed by atoms with van der Waals surface area (Å²) in [6.07, 6.45) is 0.830. The van der Waals surface area contributed by atoms with Crippen LogP contribution in [0.25, 0.3) is 0 Å². The average Bonchev–Trinajstić information content (AvgIpc) is 3.44. The van der Waals surface area contributed by atoms with Gasteiger partial charge in [-0.3, -0.25) is 24.1 Å². The third-order valence-corrected chi connectivity index (χ3v) is 6.48. The monoisotopic (exact) mass is 535 g/mol. The Bertz CT molecular complexity index is 982. The van der Waals surface area contributed by atoms with Crippen molar-refractivity contribution in [1.82, 2.24) is 26.0 Å². The largest absolute Gasteiger partial charge is 0.379 e. The van der Waals surface area contributed by atoms with E-state index >= 15 is 0 Å². The summed E-state index contributed by atoms with van der Waals surface area (Å²) in [5, 5.41) is 11.9. The molecule has 2 aliphatic heterocycles. The molecule has 3 N–H and O–H groups in total. The van der Waals surface area contributed by atoms with Crippen LogP contribution in [-0.2, 0) is 30.4 Å². The summed E-state index contributed by atoms with van der Waals surface area (Å²) < 4.78 is 15.9. The van der Waals surface area contributed by atoms with Gasteiger partial charge in [0, 0.05) is 19.2 Å². The lowest BCUT2D eigenvalue weighted by molar-refractivity contribution is -0.131. The standard InChI is InChI=1S/C26H41N5O7/c1-16(2)10-19(23(33)26(5)15-37-26)28-22(32)13-27-24(34)20(11-17(3)4)29-25(35)21-12-18(38-30-21)14-31-6-8-36-9-7-31/h12,16-17,19-20H,6-11,13-15H2,1-5H3,(H,27,34)(H,28,32)(H,29,35)/t19-,20-,26?/m0/s1. The van der Waals surface area contributed by atoms with Crippen LogP contribution in [0.3, 0.4) is 0 Å². The number of rotatable bonds is 14. The molecule has 12 nitrogen and oxygen atoms in total. The Labute approximate surface area is 223 Å². The number of Topliss-reactive ketones (excluding diaryl/α,β-unsaturated/α-hetero) is 1. The van der Waals surface area contributed by atoms with Crippen molar-refractivity contribution in [2.75, 3.05) is 39.5 Å². The number of aromatic nitrogens is 1. The molecule has 3 heterocycles. The second kappa shape index (κ2) is 13.3. The first-order valence-corrected chi connectivity index (χ1v) is 13.3. The lowest BCUT2D eigenvalue weighted by atomic mass is 9.93. The summed E-state index contributed by atoms with van der Waals surface area (Å²) in [4.78, 5) is 53.2. The molecule has 1 unspecified atom stereocenters. The summed E-state index contributed by atoms with van der Waals surface area (Å²) in [5.41, 5.74) is -0.773. The zero-order valence-electron chi connectivity index (χ0n) is 23.0. The van der Waals surface area contributed by atoms with Gasteiger partial charge in [0.15, 0.2) is 17.2 Å². The molecular weight excluding hydrogens is 494 g/mol. The summed E-state index contributed by atoms with van der Waals surface area (Å²) >= 11 is 0. The van der Waals surface area contributed by atoms with Crippen LogP contribution in [0.5, 0.6) is 0 Å². The van der Waals surface area contributed by atoms with E-state index in [0.717, 1.165) is 13.1 Å². The normalized spacial score (nSPS) is 21.1. The SMILES string of the molecule is CC(C)C[C@H](NC(=O)c1cc(CN2CCOCC2)on1)C(=O)NCC(=O)N[C@@H](CC(C)C)C(=O)C1(C)CO1. The molecular formula is C26H41N5O7. The highest BCUT2D eigenvalue weighted by Gasteiger charge is 2.50. The molecule has 0 spiro atoms. The Kier molecular flexibility index (Phi) is 10.4. The quantitative estimate of drug-likeness (QED) is 0.291. The number of epoxide rings is 1. The van der Waals surface area contributed by atoms with E-state index < -0.39 is 35.4 Å². The van der Waals surface area contributed by atoms with E-state index in [1.54, 1.807) is 13.0 Å². The zero-order valence-corrected chi connectivity index (χ0v) is 23.0. The van der Waals surface area contributed by atoms with Crippen LogP contribution in [0.15, 0.2) is 10.6 Å². The maximum atomic E-state index is 12.9. The first-order valence-electron chi connectivity index (χ1n) is 13.3. The number of nitrogens with zero attached hydrogens (tertiary/aromatic N) is 2. The van der Waals surface area contributed by atoms with Crippen molar-refractivity contribution in [3.05, 3.63) is 17.5 Å². The van der Waals surface area contributed by atoms with E-state index in [4.69, 9.17) is 14.0 Å². The van der Waals surface area contributed by atoms with Crippen LogP contribution >= 0.6 is 0 Å². The van der Waals surface area contributed by atoms with Crippen molar-refractivity contribution in [2.24, 2.45) is 11.8 Å². The molecule has 2 fully saturated rings. The van der Waals surface area contributed by atoms with Gasteiger partial charge in [-0.1, -0.05) is 32.9 Å². The fourth-order valence-corrected chi connectivity index (χ4v) is 4.27. The number of amides is 3. The van der Waals surface area contributed by atoms with Gasteiger partial charge in [-0.25, -0.2) is 0 Å². The highest BCUT2D eigenvalue weighted by molar-refractivity contribution is 5.98. The summed E-state index contributed by atoms with van der Waals surface area (Å²) in [5.74, 6) is -0.860. The van der Waals surface area contributed by atoms with Gasteiger partial charge >= 0.3 is 0 Å². The Morgan fingerprint density at radius 3 is 2.26 bits per heavy atom. The number of ketones is 1. The molecule has 1 aromatic heterocycles. The van der Waals surface area contributed by atoms with Gasteiger partial charge in [0.05, 0.1) is 39.0 Å². The van der Waals surface area contributed by atoms with Crippen molar-refractivity contribution in [1.29, 1.82) is 0 Å². The maximum Gasteiger partial charge on any atom is 0.274 e. The van der Waals surface area contributed by atoms with Crippen molar-refractivity contribution in [2.45, 2.75) is 71.7 Å². The number of hydrogen-bond acceptors (Lipinski definition) is 9. The van der Waals surface area contributed by atoms with Gasteiger partial charge in [0.1, 0.15) is 11.6 Å². The molecule has 38 heavy (non-hydrogen) atoms. The molecule has 0 aromatic carbocycles. The molecule has 1 aromatic rings. The third kappa shape index (κ3) is 8.88. The van der Waals surface area contributed by atoms with Crippen LogP contribution in [-0.4, -0.2) is 90.7 Å². The number of carbonyl (C=O) groups excluding carboxylic acids is 4.